The molecule has 0 radical (unpaired) electrons. The zero-order valence-corrected chi connectivity index (χ0v) is 12.4. The summed E-state index contributed by atoms with van der Waals surface area (Å²) in [6.07, 6.45) is 1.48. The average Bonchev–Trinajstić information content (AvgIpc) is 3.14. The molecular formula is C16H8N2O4S. The van der Waals surface area contributed by atoms with Crippen molar-refractivity contribution in [1.82, 2.24) is 10.0 Å². The number of fused-ring (bicyclic) bond motifs is 2. The predicted octanol–water partition coefficient (Wildman–Crippen LogP) is 2.66. The van der Waals surface area contributed by atoms with Crippen LogP contribution in [0, 0.1) is 0 Å². The number of benzene rings is 1. The molecule has 7 heteroatoms. The van der Waals surface area contributed by atoms with Crippen molar-refractivity contribution < 1.29 is 19.2 Å². The number of hydroxylamine groups is 2. The molecule has 0 unspecified atom stereocenters. The number of aromatic nitrogens is 1. The molecule has 1 aliphatic heterocycles. The zero-order valence-electron chi connectivity index (χ0n) is 11.6. The molecule has 2 amide bonds. The van der Waals surface area contributed by atoms with Gasteiger partial charge < -0.3 is 4.84 Å². The third-order valence-electron chi connectivity index (χ3n) is 3.49. The van der Waals surface area contributed by atoms with Crippen molar-refractivity contribution in [2.75, 3.05) is 0 Å². The van der Waals surface area contributed by atoms with Crippen molar-refractivity contribution in [3.63, 3.8) is 0 Å². The Morgan fingerprint density at radius 3 is 2.43 bits per heavy atom. The van der Waals surface area contributed by atoms with Gasteiger partial charge in [0.2, 0.25) is 0 Å². The molecule has 1 aliphatic rings. The van der Waals surface area contributed by atoms with Crippen LogP contribution in [0.15, 0.2) is 48.0 Å². The third kappa shape index (κ3) is 2.01. The van der Waals surface area contributed by atoms with E-state index >= 15 is 0 Å². The smallest absolute Gasteiger partial charge is 0.324 e. The van der Waals surface area contributed by atoms with Gasteiger partial charge in [0.05, 0.1) is 26.9 Å². The van der Waals surface area contributed by atoms with E-state index in [1.807, 2.05) is 0 Å². The monoisotopic (exact) mass is 324 g/mol. The van der Waals surface area contributed by atoms with E-state index in [-0.39, 0.29) is 16.7 Å². The molecule has 23 heavy (non-hydrogen) atoms. The van der Waals surface area contributed by atoms with Gasteiger partial charge in [0.15, 0.2) is 0 Å². The fraction of sp³-hybridized carbons (Fsp3) is 0. The number of nitrogens with zero attached hydrogens (tertiary/aromatic N) is 2. The number of carbonyl (C=O) groups excluding carboxylic acids is 3. The minimum atomic E-state index is -0.769. The summed E-state index contributed by atoms with van der Waals surface area (Å²) in [5.74, 6) is -2.06. The highest BCUT2D eigenvalue weighted by atomic mass is 32.1. The van der Waals surface area contributed by atoms with Crippen molar-refractivity contribution in [2.45, 2.75) is 0 Å². The van der Waals surface area contributed by atoms with E-state index in [9.17, 15) is 14.4 Å². The molecule has 6 nitrogen and oxygen atoms in total. The molecule has 2 aromatic heterocycles. The molecule has 0 spiro atoms. The standard InChI is InChI=1S/C16H8N2O4S/c19-14-9-3-1-2-4-10(9)15(20)18(14)22-16(21)11-5-7-17-12-6-8-23-13(11)12/h1-8H. The van der Waals surface area contributed by atoms with Gasteiger partial charge >= 0.3 is 5.97 Å². The Morgan fingerprint density at radius 2 is 1.74 bits per heavy atom. The lowest BCUT2D eigenvalue weighted by molar-refractivity contribution is -0.0583. The first-order valence-electron chi connectivity index (χ1n) is 6.69. The van der Waals surface area contributed by atoms with Crippen molar-refractivity contribution in [3.05, 3.63) is 64.7 Å². The Bertz CT molecular complexity index is 944. The highest BCUT2D eigenvalue weighted by Gasteiger charge is 2.39. The molecular weight excluding hydrogens is 316 g/mol. The number of imide groups is 1. The molecule has 3 heterocycles. The maximum absolute atomic E-state index is 12.4. The number of rotatable bonds is 2. The van der Waals surface area contributed by atoms with Crippen molar-refractivity contribution >= 4 is 39.3 Å². The van der Waals surface area contributed by atoms with Crippen molar-refractivity contribution in [2.24, 2.45) is 0 Å². The molecule has 0 bridgehead atoms. The molecule has 0 N–H and O–H groups in total. The number of thiophene rings is 1. The number of amides is 2. The van der Waals surface area contributed by atoms with Crippen molar-refractivity contribution in [3.8, 4) is 0 Å². The summed E-state index contributed by atoms with van der Waals surface area (Å²) in [6.45, 7) is 0. The van der Waals surface area contributed by atoms with Crippen LogP contribution in [-0.2, 0) is 4.84 Å². The van der Waals surface area contributed by atoms with E-state index < -0.39 is 17.8 Å². The second kappa shape index (κ2) is 4.99. The van der Waals surface area contributed by atoms with E-state index in [4.69, 9.17) is 4.84 Å². The second-order valence-corrected chi connectivity index (χ2v) is 5.74. The number of hydrogen-bond acceptors (Lipinski definition) is 6. The predicted molar refractivity (Wildman–Crippen MR) is 82.0 cm³/mol. The maximum atomic E-state index is 12.4. The second-order valence-electron chi connectivity index (χ2n) is 4.82. The molecule has 112 valence electrons. The first-order chi connectivity index (χ1) is 11.2. The van der Waals surface area contributed by atoms with E-state index in [0.29, 0.717) is 15.3 Å². The van der Waals surface area contributed by atoms with Gasteiger partial charge in [-0.15, -0.1) is 11.3 Å². The van der Waals surface area contributed by atoms with Crippen LogP contribution in [0.4, 0.5) is 0 Å². The summed E-state index contributed by atoms with van der Waals surface area (Å²) in [4.78, 5) is 46.0. The molecule has 0 atom stereocenters. The van der Waals surface area contributed by atoms with Gasteiger partial charge in [-0.2, -0.15) is 0 Å². The molecule has 1 aromatic carbocycles. The van der Waals surface area contributed by atoms with E-state index in [1.54, 1.807) is 23.6 Å². The highest BCUT2D eigenvalue weighted by Crippen LogP contribution is 2.26. The summed E-state index contributed by atoms with van der Waals surface area (Å²) in [5, 5.41) is 2.31. The molecule has 4 rings (SSSR count). The average molecular weight is 324 g/mol. The van der Waals surface area contributed by atoms with Gasteiger partial charge in [0, 0.05) is 6.20 Å². The fourth-order valence-corrected chi connectivity index (χ4v) is 3.27. The van der Waals surface area contributed by atoms with Gasteiger partial charge in [-0.3, -0.25) is 14.6 Å². The highest BCUT2D eigenvalue weighted by molar-refractivity contribution is 7.17. The van der Waals surface area contributed by atoms with E-state index in [1.165, 1.54) is 35.7 Å². The largest absolute Gasteiger partial charge is 0.365 e. The lowest BCUT2D eigenvalue weighted by Crippen LogP contribution is -2.32. The van der Waals surface area contributed by atoms with Gasteiger partial charge in [-0.25, -0.2) is 4.79 Å². The van der Waals surface area contributed by atoms with Crippen LogP contribution < -0.4 is 0 Å². The van der Waals surface area contributed by atoms with Gasteiger partial charge in [0.25, 0.3) is 11.8 Å². The van der Waals surface area contributed by atoms with Crippen LogP contribution in [-0.4, -0.2) is 27.8 Å². The number of carbonyl (C=O) groups is 3. The quantitative estimate of drug-likeness (QED) is 0.677. The number of pyridine rings is 1. The van der Waals surface area contributed by atoms with Gasteiger partial charge in [0.1, 0.15) is 0 Å². The summed E-state index contributed by atoms with van der Waals surface area (Å²) in [6, 6.07) is 9.61. The van der Waals surface area contributed by atoms with E-state index in [2.05, 4.69) is 4.98 Å². The molecule has 3 aromatic rings. The number of hydrogen-bond donors (Lipinski definition) is 0. The van der Waals surface area contributed by atoms with E-state index in [0.717, 1.165) is 0 Å². The SMILES string of the molecule is O=C(ON1C(=O)c2ccccc2C1=O)c1ccnc2ccsc12. The Labute approximate surface area is 133 Å². The van der Waals surface area contributed by atoms with Crippen molar-refractivity contribution in [1.29, 1.82) is 0 Å². The topological polar surface area (TPSA) is 76.6 Å². The first-order valence-corrected chi connectivity index (χ1v) is 7.57. The summed E-state index contributed by atoms with van der Waals surface area (Å²) in [5.41, 5.74) is 1.37. The summed E-state index contributed by atoms with van der Waals surface area (Å²) >= 11 is 1.34. The lowest BCUT2D eigenvalue weighted by atomic mass is 10.1. The molecule has 0 aliphatic carbocycles. The van der Waals surface area contributed by atoms with Crippen LogP contribution in [0.5, 0.6) is 0 Å². The Morgan fingerprint density at radius 1 is 1.04 bits per heavy atom. The fourth-order valence-electron chi connectivity index (χ4n) is 2.42. The Balaban J connectivity index is 1.67. The van der Waals surface area contributed by atoms with Crippen LogP contribution in [0.2, 0.25) is 0 Å². The van der Waals surface area contributed by atoms with Crippen LogP contribution in [0.3, 0.4) is 0 Å². The molecule has 0 saturated heterocycles. The molecule has 0 saturated carbocycles. The minimum absolute atomic E-state index is 0.223. The Kier molecular flexibility index (Phi) is 2.95. The normalized spacial score (nSPS) is 13.5. The van der Waals surface area contributed by atoms with Gasteiger partial charge in [-0.1, -0.05) is 17.2 Å². The zero-order chi connectivity index (χ0) is 16.0. The lowest BCUT2D eigenvalue weighted by Gasteiger charge is -2.12. The Hall–Kier alpha value is -3.06. The van der Waals surface area contributed by atoms with Crippen LogP contribution in [0.25, 0.3) is 10.2 Å². The summed E-state index contributed by atoms with van der Waals surface area (Å²) < 4.78 is 0.647. The minimum Gasteiger partial charge on any atom is -0.324 e. The third-order valence-corrected chi connectivity index (χ3v) is 4.43. The van der Waals surface area contributed by atoms with Crippen LogP contribution >= 0.6 is 11.3 Å². The van der Waals surface area contributed by atoms with Crippen LogP contribution in [0.1, 0.15) is 31.1 Å². The molecule has 0 fully saturated rings. The maximum Gasteiger partial charge on any atom is 0.365 e. The summed E-state index contributed by atoms with van der Waals surface area (Å²) in [7, 11) is 0. The van der Waals surface area contributed by atoms with Gasteiger partial charge in [-0.05, 0) is 29.6 Å². The first kappa shape index (κ1) is 13.6.